The van der Waals surface area contributed by atoms with Crippen LogP contribution in [0.1, 0.15) is 66.2 Å². The van der Waals surface area contributed by atoms with Crippen molar-refractivity contribution in [3.8, 4) is 0 Å². The van der Waals surface area contributed by atoms with Crippen LogP contribution < -0.4 is 0 Å². The maximum Gasteiger partial charge on any atom is 0.0619 e. The largest absolute Gasteiger partial charge is 0.381 e. The molecular formula is C13H28O. The van der Waals surface area contributed by atoms with Crippen LogP contribution in [0.2, 0.25) is 0 Å². The van der Waals surface area contributed by atoms with Crippen LogP contribution >= 0.6 is 0 Å². The van der Waals surface area contributed by atoms with Gasteiger partial charge in [-0.1, -0.05) is 53.4 Å². The zero-order chi connectivity index (χ0) is 11.0. The summed E-state index contributed by atoms with van der Waals surface area (Å²) in [6.45, 7) is 9.13. The average molecular weight is 200 g/mol. The summed E-state index contributed by atoms with van der Waals surface area (Å²) in [5, 5.41) is 0. The van der Waals surface area contributed by atoms with Crippen LogP contribution in [0.5, 0.6) is 0 Å². The van der Waals surface area contributed by atoms with Crippen molar-refractivity contribution in [2.24, 2.45) is 5.41 Å². The Balaban J connectivity index is 3.80. The van der Waals surface area contributed by atoms with Crippen LogP contribution in [0.3, 0.4) is 0 Å². The van der Waals surface area contributed by atoms with Gasteiger partial charge in [-0.25, -0.2) is 0 Å². The van der Waals surface area contributed by atoms with E-state index in [0.29, 0.717) is 11.5 Å². The van der Waals surface area contributed by atoms with Crippen molar-refractivity contribution in [1.82, 2.24) is 0 Å². The van der Waals surface area contributed by atoms with E-state index in [1.807, 2.05) is 7.11 Å². The fourth-order valence-corrected chi connectivity index (χ4v) is 2.21. The van der Waals surface area contributed by atoms with E-state index >= 15 is 0 Å². The third-order valence-electron chi connectivity index (χ3n) is 3.20. The fourth-order valence-electron chi connectivity index (χ4n) is 2.21. The van der Waals surface area contributed by atoms with Gasteiger partial charge >= 0.3 is 0 Å². The van der Waals surface area contributed by atoms with E-state index in [-0.39, 0.29) is 0 Å². The van der Waals surface area contributed by atoms with Crippen LogP contribution in [0, 0.1) is 5.41 Å². The monoisotopic (exact) mass is 200 g/mol. The summed E-state index contributed by atoms with van der Waals surface area (Å²) in [6, 6.07) is 0. The summed E-state index contributed by atoms with van der Waals surface area (Å²) in [5.41, 5.74) is 0.344. The lowest BCUT2D eigenvalue weighted by atomic mass is 9.80. The first-order valence-electron chi connectivity index (χ1n) is 6.11. The molecule has 0 saturated carbocycles. The molecule has 1 atom stereocenters. The lowest BCUT2D eigenvalue weighted by Crippen LogP contribution is -2.30. The molecule has 14 heavy (non-hydrogen) atoms. The van der Waals surface area contributed by atoms with Gasteiger partial charge in [0.1, 0.15) is 0 Å². The molecule has 1 heteroatoms. The number of unbranched alkanes of at least 4 members (excludes halogenated alkanes) is 3. The number of hydrogen-bond acceptors (Lipinski definition) is 1. The van der Waals surface area contributed by atoms with Crippen molar-refractivity contribution in [2.45, 2.75) is 72.3 Å². The average Bonchev–Trinajstić information content (AvgIpc) is 2.14. The van der Waals surface area contributed by atoms with Crippen LogP contribution in [0.15, 0.2) is 0 Å². The summed E-state index contributed by atoms with van der Waals surface area (Å²) in [6.07, 6.45) is 8.25. The number of rotatable bonds is 8. The predicted molar refractivity (Wildman–Crippen MR) is 63.6 cm³/mol. The van der Waals surface area contributed by atoms with E-state index in [9.17, 15) is 0 Å². The van der Waals surface area contributed by atoms with Crippen molar-refractivity contribution in [3.63, 3.8) is 0 Å². The smallest absolute Gasteiger partial charge is 0.0619 e. The van der Waals surface area contributed by atoms with Gasteiger partial charge in [0.2, 0.25) is 0 Å². The van der Waals surface area contributed by atoms with Crippen LogP contribution in [0.25, 0.3) is 0 Å². The molecular weight excluding hydrogens is 172 g/mol. The molecule has 0 heterocycles. The maximum absolute atomic E-state index is 5.52. The molecule has 0 aliphatic heterocycles. The van der Waals surface area contributed by atoms with Crippen molar-refractivity contribution in [2.75, 3.05) is 7.11 Å². The van der Waals surface area contributed by atoms with Crippen molar-refractivity contribution in [3.05, 3.63) is 0 Å². The molecule has 0 aromatic rings. The highest BCUT2D eigenvalue weighted by atomic mass is 16.5. The Labute approximate surface area is 90.2 Å². The van der Waals surface area contributed by atoms with Gasteiger partial charge in [0.25, 0.3) is 0 Å². The van der Waals surface area contributed by atoms with Gasteiger partial charge in [-0.2, -0.15) is 0 Å². The molecule has 0 bridgehead atoms. The Hall–Kier alpha value is -0.0400. The highest BCUT2D eigenvalue weighted by molar-refractivity contribution is 4.77. The summed E-state index contributed by atoms with van der Waals surface area (Å²) >= 11 is 0. The number of hydrogen-bond donors (Lipinski definition) is 0. The normalized spacial score (nSPS) is 14.4. The molecule has 0 fully saturated rings. The van der Waals surface area contributed by atoms with Crippen LogP contribution in [0.4, 0.5) is 0 Å². The zero-order valence-electron chi connectivity index (χ0n) is 10.7. The Kier molecular flexibility index (Phi) is 7.26. The zero-order valence-corrected chi connectivity index (χ0v) is 10.7. The standard InChI is InChI=1S/C13H28O/c1-6-8-9-10-11-13(3,4)12(7-2)14-5/h12H,6-11H2,1-5H3. The van der Waals surface area contributed by atoms with E-state index < -0.39 is 0 Å². The van der Waals surface area contributed by atoms with Crippen LogP contribution in [-0.2, 0) is 4.74 Å². The quantitative estimate of drug-likeness (QED) is 0.527. The summed E-state index contributed by atoms with van der Waals surface area (Å²) in [7, 11) is 1.84. The van der Waals surface area contributed by atoms with Gasteiger partial charge in [-0.3, -0.25) is 0 Å². The molecule has 0 amide bonds. The van der Waals surface area contributed by atoms with Crippen molar-refractivity contribution in [1.29, 1.82) is 0 Å². The lowest BCUT2D eigenvalue weighted by molar-refractivity contribution is -0.00134. The first-order valence-corrected chi connectivity index (χ1v) is 6.11. The second-order valence-electron chi connectivity index (χ2n) is 4.93. The van der Waals surface area contributed by atoms with Gasteiger partial charge in [-0.05, 0) is 18.3 Å². The number of ether oxygens (including phenoxy) is 1. The Morgan fingerprint density at radius 3 is 2.14 bits per heavy atom. The van der Waals surface area contributed by atoms with Gasteiger partial charge < -0.3 is 4.74 Å². The molecule has 0 rings (SSSR count). The molecule has 0 radical (unpaired) electrons. The summed E-state index contributed by atoms with van der Waals surface area (Å²) < 4.78 is 5.52. The Morgan fingerprint density at radius 1 is 1.07 bits per heavy atom. The Bertz CT molecular complexity index is 125. The molecule has 0 aliphatic rings. The molecule has 86 valence electrons. The highest BCUT2D eigenvalue weighted by Gasteiger charge is 2.27. The van der Waals surface area contributed by atoms with E-state index in [4.69, 9.17) is 4.74 Å². The van der Waals surface area contributed by atoms with E-state index in [0.717, 1.165) is 6.42 Å². The molecule has 0 N–H and O–H groups in total. The fraction of sp³-hybridized carbons (Fsp3) is 1.00. The SMILES string of the molecule is CCCCCCC(C)(C)C(CC)OC. The van der Waals surface area contributed by atoms with E-state index in [1.54, 1.807) is 0 Å². The first kappa shape index (κ1) is 14.0. The van der Waals surface area contributed by atoms with E-state index in [2.05, 4.69) is 27.7 Å². The summed E-state index contributed by atoms with van der Waals surface area (Å²) in [5.74, 6) is 0. The first-order chi connectivity index (χ1) is 6.58. The topological polar surface area (TPSA) is 9.23 Å². The molecule has 1 unspecified atom stereocenters. The minimum absolute atomic E-state index is 0.344. The highest BCUT2D eigenvalue weighted by Crippen LogP contribution is 2.31. The molecule has 0 aromatic heterocycles. The molecule has 0 saturated heterocycles. The Morgan fingerprint density at radius 2 is 1.71 bits per heavy atom. The van der Waals surface area contributed by atoms with Gasteiger partial charge in [0.15, 0.2) is 0 Å². The maximum atomic E-state index is 5.52. The molecule has 0 aromatic carbocycles. The van der Waals surface area contributed by atoms with Gasteiger partial charge in [0.05, 0.1) is 6.10 Å². The second-order valence-corrected chi connectivity index (χ2v) is 4.93. The van der Waals surface area contributed by atoms with Crippen LogP contribution in [-0.4, -0.2) is 13.2 Å². The molecule has 0 spiro atoms. The minimum atomic E-state index is 0.344. The summed E-state index contributed by atoms with van der Waals surface area (Å²) in [4.78, 5) is 0. The predicted octanol–water partition coefficient (Wildman–Crippen LogP) is 4.41. The third kappa shape index (κ3) is 4.99. The second kappa shape index (κ2) is 7.28. The van der Waals surface area contributed by atoms with Gasteiger partial charge in [-0.15, -0.1) is 0 Å². The molecule has 0 aliphatic carbocycles. The number of methoxy groups -OCH3 is 1. The van der Waals surface area contributed by atoms with E-state index in [1.165, 1.54) is 32.1 Å². The molecule has 1 nitrogen and oxygen atoms in total. The lowest BCUT2D eigenvalue weighted by Gasteiger charge is -2.32. The minimum Gasteiger partial charge on any atom is -0.381 e. The van der Waals surface area contributed by atoms with Gasteiger partial charge in [0, 0.05) is 7.11 Å². The van der Waals surface area contributed by atoms with Crippen molar-refractivity contribution >= 4 is 0 Å². The van der Waals surface area contributed by atoms with Crippen molar-refractivity contribution < 1.29 is 4.74 Å². The third-order valence-corrected chi connectivity index (χ3v) is 3.20.